The Morgan fingerprint density at radius 3 is 2.33 bits per heavy atom. The molecule has 2 aromatic rings. The van der Waals surface area contributed by atoms with Crippen molar-refractivity contribution in [3.63, 3.8) is 0 Å². The molecule has 1 aromatic carbocycles. The maximum atomic E-state index is 12.5. The highest BCUT2D eigenvalue weighted by Crippen LogP contribution is 2.28. The molecule has 114 valence electrons. The minimum Gasteiger partial charge on any atom is -0.394 e. The molecule has 0 saturated carbocycles. The number of benzene rings is 1. The van der Waals surface area contributed by atoms with Crippen LogP contribution in [0.4, 0.5) is 0 Å². The molecular weight excluding hydrogens is 296 g/mol. The minimum absolute atomic E-state index is 0.184. The number of H-pyrrole nitrogens is 1. The summed E-state index contributed by atoms with van der Waals surface area (Å²) in [5, 5.41) is 12.2. The smallest absolute Gasteiger partial charge is 0.277 e. The first kappa shape index (κ1) is 15.5. The maximum absolute atomic E-state index is 12.5. The van der Waals surface area contributed by atoms with Crippen molar-refractivity contribution in [3.8, 4) is 5.69 Å². The molecule has 1 aromatic heterocycles. The summed E-state index contributed by atoms with van der Waals surface area (Å²) in [6, 6.07) is 8.58. The Balaban J connectivity index is 2.74. The van der Waals surface area contributed by atoms with Gasteiger partial charge in [0.15, 0.2) is 0 Å². The zero-order valence-electron chi connectivity index (χ0n) is 11.6. The highest BCUT2D eigenvalue weighted by Gasteiger charge is 2.44. The van der Waals surface area contributed by atoms with E-state index in [0.717, 1.165) is 6.92 Å². The summed E-state index contributed by atoms with van der Waals surface area (Å²) >= 11 is 0. The number of aromatic nitrogens is 2. The monoisotopic (exact) mass is 312 g/mol. The van der Waals surface area contributed by atoms with Crippen LogP contribution in [0, 0.1) is 6.92 Å². The van der Waals surface area contributed by atoms with Crippen molar-refractivity contribution < 1.29 is 18.1 Å². The number of nitrogens with one attached hydrogen (secondary N) is 1. The van der Waals surface area contributed by atoms with Gasteiger partial charge in [0, 0.05) is 5.69 Å². The van der Waals surface area contributed by atoms with Crippen molar-refractivity contribution in [1.82, 2.24) is 9.78 Å². The van der Waals surface area contributed by atoms with Gasteiger partial charge in [-0.3, -0.25) is 14.4 Å². The summed E-state index contributed by atoms with van der Waals surface area (Å²) in [4.78, 5) is 12.5. The fourth-order valence-electron chi connectivity index (χ4n) is 2.22. The first-order valence-electron chi connectivity index (χ1n) is 6.18. The van der Waals surface area contributed by atoms with Crippen LogP contribution in [-0.2, 0) is 14.9 Å². The first-order chi connectivity index (χ1) is 9.72. The Kier molecular flexibility index (Phi) is 3.79. The molecule has 0 fully saturated rings. The van der Waals surface area contributed by atoms with Crippen LogP contribution in [0.2, 0.25) is 0 Å². The lowest BCUT2D eigenvalue weighted by molar-refractivity contribution is 0.241. The number of para-hydroxylation sites is 1. The average Bonchev–Trinajstić information content (AvgIpc) is 2.73. The molecule has 0 aliphatic rings. The minimum atomic E-state index is -4.66. The van der Waals surface area contributed by atoms with Crippen LogP contribution in [0.5, 0.6) is 0 Å². The van der Waals surface area contributed by atoms with Crippen LogP contribution in [0.15, 0.2) is 35.1 Å². The fourth-order valence-corrected chi connectivity index (χ4v) is 2.88. The Labute approximate surface area is 121 Å². The highest BCUT2D eigenvalue weighted by molar-refractivity contribution is 7.86. The van der Waals surface area contributed by atoms with Crippen LogP contribution in [0.25, 0.3) is 5.69 Å². The van der Waals surface area contributed by atoms with Crippen molar-refractivity contribution in [2.24, 2.45) is 0 Å². The number of hydrogen-bond acceptors (Lipinski definition) is 4. The second-order valence-corrected chi connectivity index (χ2v) is 6.80. The van der Waals surface area contributed by atoms with Gasteiger partial charge in [-0.25, -0.2) is 4.68 Å². The third-order valence-electron chi connectivity index (χ3n) is 3.49. The zero-order valence-corrected chi connectivity index (χ0v) is 12.4. The lowest BCUT2D eigenvalue weighted by atomic mass is 10.0. The van der Waals surface area contributed by atoms with E-state index in [-0.39, 0.29) is 11.3 Å². The molecule has 3 N–H and O–H groups in total. The molecule has 1 atom stereocenters. The lowest BCUT2D eigenvalue weighted by Gasteiger charge is -2.22. The van der Waals surface area contributed by atoms with Crippen LogP contribution in [0.3, 0.4) is 0 Å². The van der Waals surface area contributed by atoms with E-state index in [1.54, 1.807) is 30.3 Å². The topological polar surface area (TPSA) is 112 Å². The van der Waals surface area contributed by atoms with Crippen molar-refractivity contribution in [2.45, 2.75) is 18.6 Å². The van der Waals surface area contributed by atoms with E-state index in [1.165, 1.54) is 11.6 Å². The fraction of sp³-hybridized carbons (Fsp3) is 0.308. The molecule has 0 bridgehead atoms. The number of nitrogens with zero attached hydrogens (tertiary/aromatic N) is 1. The van der Waals surface area contributed by atoms with Gasteiger partial charge in [0.1, 0.15) is 4.75 Å². The van der Waals surface area contributed by atoms with Crippen molar-refractivity contribution in [1.29, 1.82) is 0 Å². The van der Waals surface area contributed by atoms with E-state index >= 15 is 0 Å². The number of aliphatic hydroxyl groups excluding tert-OH is 1. The van der Waals surface area contributed by atoms with Gasteiger partial charge >= 0.3 is 0 Å². The largest absolute Gasteiger partial charge is 0.394 e. The van der Waals surface area contributed by atoms with E-state index in [9.17, 15) is 22.9 Å². The lowest BCUT2D eigenvalue weighted by Crippen LogP contribution is -2.40. The van der Waals surface area contributed by atoms with E-state index in [0.29, 0.717) is 5.69 Å². The van der Waals surface area contributed by atoms with Gasteiger partial charge in [-0.2, -0.15) is 8.42 Å². The molecular formula is C13H16N2O5S. The summed E-state index contributed by atoms with van der Waals surface area (Å²) in [6.07, 6.45) is 0. The van der Waals surface area contributed by atoms with E-state index in [2.05, 4.69) is 5.10 Å². The highest BCUT2D eigenvalue weighted by atomic mass is 32.2. The number of hydrogen-bond donors (Lipinski definition) is 3. The molecule has 8 heteroatoms. The second kappa shape index (κ2) is 5.14. The van der Waals surface area contributed by atoms with E-state index < -0.39 is 27.0 Å². The Hall–Kier alpha value is -1.90. The third-order valence-corrected chi connectivity index (χ3v) is 4.96. The summed E-state index contributed by atoms with van der Waals surface area (Å²) in [5.74, 6) is 0. The quantitative estimate of drug-likeness (QED) is 0.714. The summed E-state index contributed by atoms with van der Waals surface area (Å²) in [5.41, 5.74) is -0.0327. The summed E-state index contributed by atoms with van der Waals surface area (Å²) in [7, 11) is -4.66. The summed E-state index contributed by atoms with van der Waals surface area (Å²) < 4.78 is 31.6. The maximum Gasteiger partial charge on any atom is 0.277 e. The molecule has 1 unspecified atom stereocenters. The SMILES string of the molecule is Cc1[nH]n(-c2ccccc2)c(=O)c1C(C)(CO)S(=O)(=O)O. The van der Waals surface area contributed by atoms with Crippen LogP contribution < -0.4 is 5.56 Å². The molecule has 2 rings (SSSR count). The van der Waals surface area contributed by atoms with Crippen LogP contribution in [-0.4, -0.2) is 34.5 Å². The van der Waals surface area contributed by atoms with Crippen LogP contribution in [0.1, 0.15) is 18.2 Å². The van der Waals surface area contributed by atoms with Crippen molar-refractivity contribution in [3.05, 3.63) is 51.9 Å². The van der Waals surface area contributed by atoms with E-state index in [4.69, 9.17) is 0 Å². The van der Waals surface area contributed by atoms with Gasteiger partial charge < -0.3 is 5.11 Å². The molecule has 21 heavy (non-hydrogen) atoms. The Bertz CT molecular complexity index is 807. The van der Waals surface area contributed by atoms with Crippen molar-refractivity contribution in [2.75, 3.05) is 6.61 Å². The molecule has 0 saturated heterocycles. The van der Waals surface area contributed by atoms with Gasteiger partial charge in [0.25, 0.3) is 15.7 Å². The molecule has 1 heterocycles. The third kappa shape index (κ3) is 2.41. The Morgan fingerprint density at radius 1 is 1.29 bits per heavy atom. The number of rotatable bonds is 4. The molecule has 0 amide bonds. The predicted molar refractivity (Wildman–Crippen MR) is 77.1 cm³/mol. The van der Waals surface area contributed by atoms with Gasteiger partial charge in [0.05, 0.1) is 17.9 Å². The first-order valence-corrected chi connectivity index (χ1v) is 7.62. The number of aromatic amines is 1. The molecule has 0 aliphatic heterocycles. The average molecular weight is 312 g/mol. The zero-order chi connectivity index (χ0) is 15.8. The summed E-state index contributed by atoms with van der Waals surface area (Å²) in [6.45, 7) is 1.71. The van der Waals surface area contributed by atoms with Crippen LogP contribution >= 0.6 is 0 Å². The molecule has 0 spiro atoms. The normalized spacial score (nSPS) is 14.9. The van der Waals surface area contributed by atoms with Gasteiger partial charge in [0.2, 0.25) is 0 Å². The predicted octanol–water partition coefficient (Wildman–Crippen LogP) is 0.569. The van der Waals surface area contributed by atoms with Gasteiger partial charge in [-0.1, -0.05) is 18.2 Å². The number of aliphatic hydroxyl groups is 1. The van der Waals surface area contributed by atoms with Crippen molar-refractivity contribution >= 4 is 10.1 Å². The number of aryl methyl sites for hydroxylation is 1. The second-order valence-electron chi connectivity index (χ2n) is 4.95. The standard InChI is InChI=1S/C13H16N2O5S/c1-9-11(13(2,8-16)21(18,19)20)12(17)15(14-9)10-6-4-3-5-7-10/h3-7,14,16H,8H2,1-2H3,(H,18,19,20). The molecule has 0 radical (unpaired) electrons. The Morgan fingerprint density at radius 2 is 1.86 bits per heavy atom. The van der Waals surface area contributed by atoms with Gasteiger partial charge in [-0.05, 0) is 26.0 Å². The van der Waals surface area contributed by atoms with E-state index in [1.807, 2.05) is 0 Å². The van der Waals surface area contributed by atoms with Gasteiger partial charge in [-0.15, -0.1) is 0 Å². The molecule has 7 nitrogen and oxygen atoms in total. The molecule has 0 aliphatic carbocycles.